The van der Waals surface area contributed by atoms with E-state index in [0.29, 0.717) is 17.6 Å². The van der Waals surface area contributed by atoms with Crippen LogP contribution in [-0.4, -0.2) is 24.1 Å². The van der Waals surface area contributed by atoms with Gasteiger partial charge in [0.05, 0.1) is 33.4 Å². The third-order valence-corrected chi connectivity index (χ3v) is 15.1. The van der Waals surface area contributed by atoms with E-state index in [1.54, 1.807) is 11.3 Å². The van der Waals surface area contributed by atoms with E-state index in [1.807, 2.05) is 12.1 Å². The van der Waals surface area contributed by atoms with Crippen LogP contribution in [0, 0.1) is 0 Å². The molecule has 0 saturated heterocycles. The number of hydrogen-bond acceptors (Lipinski definition) is 6. The first-order valence-electron chi connectivity index (χ1n) is 23.8. The SMILES string of the molecule is c1ccc(-n2c3ccccc3c3cc(-c4nc(-c5ccc6c7ccccc7n(-c7ccccc7)c6c5)nc(N(c5ccc6c(c5)oc5ccccc56)c5cccc6sc7ccccc7c56)n4)ccc32)cc1. The number of hydrogen-bond donors (Lipinski definition) is 0. The molecule has 71 heavy (non-hydrogen) atoms. The van der Waals surface area contributed by atoms with Crippen LogP contribution in [0.25, 0.3) is 120 Å². The summed E-state index contributed by atoms with van der Waals surface area (Å²) in [6, 6.07) is 81.4. The largest absolute Gasteiger partial charge is 0.456 e. The first kappa shape index (κ1) is 39.6. The van der Waals surface area contributed by atoms with Crippen LogP contribution in [0.3, 0.4) is 0 Å². The maximum absolute atomic E-state index is 6.59. The summed E-state index contributed by atoms with van der Waals surface area (Å²) in [5.74, 6) is 1.60. The van der Waals surface area contributed by atoms with Crippen molar-refractivity contribution in [3.63, 3.8) is 0 Å². The van der Waals surface area contributed by atoms with Crippen molar-refractivity contribution in [2.45, 2.75) is 0 Å². The maximum atomic E-state index is 6.59. The van der Waals surface area contributed by atoms with Gasteiger partial charge in [0.1, 0.15) is 11.2 Å². The Labute approximate surface area is 410 Å². The van der Waals surface area contributed by atoms with Gasteiger partial charge in [0.15, 0.2) is 11.6 Å². The first-order chi connectivity index (χ1) is 35.2. The molecule has 0 amide bonds. The lowest BCUT2D eigenvalue weighted by molar-refractivity contribution is 0.669. The van der Waals surface area contributed by atoms with Crippen molar-refractivity contribution >= 4 is 114 Å². The van der Waals surface area contributed by atoms with Crippen molar-refractivity contribution in [1.29, 1.82) is 0 Å². The number of furan rings is 1. The Morgan fingerprint density at radius 2 is 0.915 bits per heavy atom. The molecule has 0 aliphatic carbocycles. The van der Waals surface area contributed by atoms with Crippen LogP contribution in [0.15, 0.2) is 235 Å². The van der Waals surface area contributed by atoms with E-state index >= 15 is 0 Å². The van der Waals surface area contributed by atoms with Gasteiger partial charge in [0.25, 0.3) is 0 Å². The Balaban J connectivity index is 1.02. The van der Waals surface area contributed by atoms with Crippen molar-refractivity contribution in [2.24, 2.45) is 0 Å². The van der Waals surface area contributed by atoms with Gasteiger partial charge in [-0.2, -0.15) is 9.97 Å². The minimum atomic E-state index is 0.485. The molecule has 0 radical (unpaired) electrons. The van der Waals surface area contributed by atoms with E-state index in [1.165, 1.54) is 20.2 Å². The van der Waals surface area contributed by atoms with Gasteiger partial charge in [0.2, 0.25) is 5.95 Å². The molecule has 0 unspecified atom stereocenters. The van der Waals surface area contributed by atoms with Crippen molar-refractivity contribution < 1.29 is 4.42 Å². The van der Waals surface area contributed by atoms with Crippen LogP contribution in [0.1, 0.15) is 0 Å². The number of fused-ring (bicyclic) bond motifs is 12. The van der Waals surface area contributed by atoms with E-state index in [-0.39, 0.29) is 0 Å². The Morgan fingerprint density at radius 1 is 0.366 bits per heavy atom. The van der Waals surface area contributed by atoms with Crippen LogP contribution in [0.5, 0.6) is 0 Å². The molecular formula is C63H38N6OS. The maximum Gasteiger partial charge on any atom is 0.238 e. The molecule has 15 rings (SSSR count). The second-order valence-electron chi connectivity index (χ2n) is 18.0. The second-order valence-corrected chi connectivity index (χ2v) is 19.1. The lowest BCUT2D eigenvalue weighted by Gasteiger charge is -2.25. The monoisotopic (exact) mass is 926 g/mol. The number of anilines is 3. The molecule has 10 aromatic carbocycles. The van der Waals surface area contributed by atoms with E-state index in [4.69, 9.17) is 19.4 Å². The molecule has 332 valence electrons. The van der Waals surface area contributed by atoms with Crippen molar-refractivity contribution in [1.82, 2.24) is 24.1 Å². The molecule has 0 N–H and O–H groups in total. The Kier molecular flexibility index (Phi) is 8.69. The molecule has 0 spiro atoms. The van der Waals surface area contributed by atoms with E-state index in [9.17, 15) is 0 Å². The zero-order valence-corrected chi connectivity index (χ0v) is 38.8. The highest BCUT2D eigenvalue weighted by molar-refractivity contribution is 7.26. The van der Waals surface area contributed by atoms with Crippen LogP contribution in [-0.2, 0) is 0 Å². The molecule has 0 atom stereocenters. The summed E-state index contributed by atoms with van der Waals surface area (Å²) in [6.07, 6.45) is 0. The van der Waals surface area contributed by atoms with Crippen LogP contribution >= 0.6 is 11.3 Å². The summed E-state index contributed by atoms with van der Waals surface area (Å²) in [4.78, 5) is 18.8. The minimum absolute atomic E-state index is 0.485. The van der Waals surface area contributed by atoms with E-state index < -0.39 is 0 Å². The molecule has 0 bridgehead atoms. The van der Waals surface area contributed by atoms with E-state index in [0.717, 1.165) is 99.4 Å². The molecule has 15 aromatic rings. The number of aromatic nitrogens is 5. The molecule has 5 heterocycles. The quantitative estimate of drug-likeness (QED) is 0.159. The average Bonchev–Trinajstić information content (AvgIpc) is 4.19. The molecule has 0 fully saturated rings. The highest BCUT2D eigenvalue weighted by Gasteiger charge is 2.25. The highest BCUT2D eigenvalue weighted by Crippen LogP contribution is 2.46. The number of rotatable bonds is 7. The van der Waals surface area contributed by atoms with E-state index in [2.05, 4.69) is 232 Å². The molecule has 0 saturated carbocycles. The predicted octanol–water partition coefficient (Wildman–Crippen LogP) is 17.1. The third-order valence-electron chi connectivity index (χ3n) is 14.0. The van der Waals surface area contributed by atoms with Gasteiger partial charge in [-0.05, 0) is 97.1 Å². The summed E-state index contributed by atoms with van der Waals surface area (Å²) in [5, 5.41) is 9.02. The van der Waals surface area contributed by atoms with Crippen LogP contribution in [0.2, 0.25) is 0 Å². The van der Waals surface area contributed by atoms with Gasteiger partial charge in [-0.3, -0.25) is 4.90 Å². The normalized spacial score (nSPS) is 11.9. The Hall–Kier alpha value is -9.37. The summed E-state index contributed by atoms with van der Waals surface area (Å²) in [5.41, 5.74) is 11.8. The molecule has 5 aromatic heterocycles. The summed E-state index contributed by atoms with van der Waals surface area (Å²) in [6.45, 7) is 0. The number of nitrogens with zero attached hydrogens (tertiary/aromatic N) is 6. The topological polar surface area (TPSA) is 64.9 Å². The second kappa shape index (κ2) is 15.6. The van der Waals surface area contributed by atoms with Gasteiger partial charge in [-0.25, -0.2) is 4.98 Å². The first-order valence-corrected chi connectivity index (χ1v) is 24.6. The Morgan fingerprint density at radius 3 is 1.68 bits per heavy atom. The predicted molar refractivity (Wildman–Crippen MR) is 294 cm³/mol. The summed E-state index contributed by atoms with van der Waals surface area (Å²) in [7, 11) is 0. The zero-order valence-electron chi connectivity index (χ0n) is 37.9. The lowest BCUT2D eigenvalue weighted by Crippen LogP contribution is -2.15. The lowest BCUT2D eigenvalue weighted by atomic mass is 10.1. The van der Waals surface area contributed by atoms with Crippen molar-refractivity contribution in [3.05, 3.63) is 231 Å². The third kappa shape index (κ3) is 6.18. The molecule has 8 heteroatoms. The molecule has 7 nitrogen and oxygen atoms in total. The average molecular weight is 927 g/mol. The Bertz CT molecular complexity index is 4610. The fourth-order valence-corrected chi connectivity index (χ4v) is 11.9. The summed E-state index contributed by atoms with van der Waals surface area (Å²) >= 11 is 1.79. The standard InChI is InChI=1S/C63H38N6OS/c1-3-16-41(17-4-1)67-52-25-12-8-21-45(52)50-36-39(31-35-53(50)67)61-64-62(40-30-33-46-44-20-7-11-24-51(44)68(55(46)37-40)42-18-5-2-6-19-42)66-63(65-61)69(43-32-34-48-47-22-9-13-27-56(47)70-57(48)38-43)54-26-15-29-59-60(54)49-23-10-14-28-58(49)71-59/h1-38H. The highest BCUT2D eigenvalue weighted by atomic mass is 32.1. The molecule has 0 aliphatic rings. The fourth-order valence-electron chi connectivity index (χ4n) is 10.8. The van der Waals surface area contributed by atoms with Gasteiger partial charge >= 0.3 is 0 Å². The number of thiophene rings is 1. The van der Waals surface area contributed by atoms with Gasteiger partial charge in [-0.15, -0.1) is 11.3 Å². The van der Waals surface area contributed by atoms with Gasteiger partial charge in [-0.1, -0.05) is 127 Å². The zero-order chi connectivity index (χ0) is 46.6. The number of para-hydroxylation sites is 5. The number of benzene rings is 10. The van der Waals surface area contributed by atoms with Crippen molar-refractivity contribution in [3.8, 4) is 34.2 Å². The molecular weight excluding hydrogens is 889 g/mol. The minimum Gasteiger partial charge on any atom is -0.456 e. The fraction of sp³-hybridized carbons (Fsp3) is 0. The van der Waals surface area contributed by atoms with Crippen molar-refractivity contribution in [2.75, 3.05) is 4.90 Å². The van der Waals surface area contributed by atoms with Crippen LogP contribution in [0.4, 0.5) is 17.3 Å². The summed E-state index contributed by atoms with van der Waals surface area (Å²) < 4.78 is 13.6. The molecule has 0 aliphatic heterocycles. The smallest absolute Gasteiger partial charge is 0.238 e. The van der Waals surface area contributed by atoms with Gasteiger partial charge in [0, 0.05) is 81.1 Å². The van der Waals surface area contributed by atoms with Gasteiger partial charge < -0.3 is 13.6 Å². The van der Waals surface area contributed by atoms with Crippen LogP contribution < -0.4 is 4.90 Å².